The van der Waals surface area contributed by atoms with Gasteiger partial charge in [0, 0.05) is 41.7 Å². The number of pyridine rings is 2. The number of benzene rings is 2. The molecule has 0 atom stereocenters. The van der Waals surface area contributed by atoms with Crippen molar-refractivity contribution in [3.05, 3.63) is 78.4 Å². The number of imidazole rings is 1. The molecule has 3 heterocycles. The summed E-state index contributed by atoms with van der Waals surface area (Å²) >= 11 is 0. The zero-order valence-electron chi connectivity index (χ0n) is 16.8. The topological polar surface area (TPSA) is 56.0 Å². The van der Waals surface area contributed by atoms with Crippen molar-refractivity contribution >= 4 is 51.3 Å². The zero-order valence-corrected chi connectivity index (χ0v) is 16.8. The molecular formula is C25H21N5. The Bertz CT molecular complexity index is 1440. The number of nitrogens with zero attached hydrogens (tertiary/aromatic N) is 5. The maximum absolute atomic E-state index is 4.93. The van der Waals surface area contributed by atoms with E-state index in [9.17, 15) is 0 Å². The minimum atomic E-state index is 0.783. The fraction of sp³-hybridized carbons (Fsp3) is 0.120. The SMILES string of the molecule is C=Cc1ccc2ccc(CCc3nc4c5cccnc5ccc4n3C)nc2c1N=C. The lowest BCUT2D eigenvalue weighted by Crippen LogP contribution is -2.02. The molecule has 5 nitrogen and oxygen atoms in total. The van der Waals surface area contributed by atoms with Gasteiger partial charge >= 0.3 is 0 Å². The van der Waals surface area contributed by atoms with E-state index < -0.39 is 0 Å². The molecule has 0 unspecified atom stereocenters. The van der Waals surface area contributed by atoms with Crippen LogP contribution >= 0.6 is 0 Å². The summed E-state index contributed by atoms with van der Waals surface area (Å²) < 4.78 is 2.16. The first kappa shape index (κ1) is 18.2. The summed E-state index contributed by atoms with van der Waals surface area (Å²) in [5, 5.41) is 2.13. The minimum Gasteiger partial charge on any atom is -0.331 e. The molecule has 0 amide bonds. The Kier molecular flexibility index (Phi) is 4.36. The lowest BCUT2D eigenvalue weighted by atomic mass is 10.1. The molecule has 0 aliphatic rings. The second-order valence-corrected chi connectivity index (χ2v) is 7.33. The van der Waals surface area contributed by atoms with Crippen LogP contribution < -0.4 is 0 Å². The van der Waals surface area contributed by atoms with Crippen LogP contribution in [0.4, 0.5) is 5.69 Å². The van der Waals surface area contributed by atoms with Crippen LogP contribution in [0.1, 0.15) is 17.1 Å². The number of fused-ring (bicyclic) bond motifs is 4. The van der Waals surface area contributed by atoms with Crippen LogP contribution in [0.2, 0.25) is 0 Å². The van der Waals surface area contributed by atoms with E-state index in [4.69, 9.17) is 9.97 Å². The summed E-state index contributed by atoms with van der Waals surface area (Å²) in [6.07, 6.45) is 5.19. The minimum absolute atomic E-state index is 0.783. The fourth-order valence-corrected chi connectivity index (χ4v) is 4.02. The van der Waals surface area contributed by atoms with E-state index in [1.54, 1.807) is 6.08 Å². The summed E-state index contributed by atoms with van der Waals surface area (Å²) in [5.74, 6) is 1.03. The van der Waals surface area contributed by atoms with Gasteiger partial charge in [-0.25, -0.2) is 4.98 Å². The van der Waals surface area contributed by atoms with Crippen molar-refractivity contribution < 1.29 is 0 Å². The Morgan fingerprint density at radius 2 is 1.87 bits per heavy atom. The molecule has 146 valence electrons. The number of aryl methyl sites for hydroxylation is 3. The van der Waals surface area contributed by atoms with E-state index in [0.29, 0.717) is 0 Å². The Balaban J connectivity index is 1.51. The maximum Gasteiger partial charge on any atom is 0.110 e. The predicted octanol–water partition coefficient (Wildman–Crippen LogP) is 5.43. The van der Waals surface area contributed by atoms with Gasteiger partial charge in [-0.3, -0.25) is 15.0 Å². The third-order valence-corrected chi connectivity index (χ3v) is 5.63. The Labute approximate surface area is 174 Å². The van der Waals surface area contributed by atoms with Crippen LogP contribution in [0.15, 0.2) is 66.3 Å². The van der Waals surface area contributed by atoms with Gasteiger partial charge < -0.3 is 4.57 Å². The molecule has 0 N–H and O–H groups in total. The standard InChI is InChI=1S/C25H21N5/c1-4-16-7-8-17-9-10-18(28-24(17)23(16)26-2)11-14-22-29-25-19-6-5-15-27-20(19)12-13-21(25)30(22)3/h4-10,12-13,15H,1-2,11,14H2,3H3. The van der Waals surface area contributed by atoms with Crippen molar-refractivity contribution in [2.45, 2.75) is 12.8 Å². The van der Waals surface area contributed by atoms with Gasteiger partial charge in [0.05, 0.1) is 27.8 Å². The predicted molar refractivity (Wildman–Crippen MR) is 124 cm³/mol. The number of aliphatic imine (C=N–C) groups is 1. The van der Waals surface area contributed by atoms with Crippen molar-refractivity contribution in [2.24, 2.45) is 12.0 Å². The molecule has 0 saturated heterocycles. The first-order chi connectivity index (χ1) is 14.7. The van der Waals surface area contributed by atoms with E-state index in [-0.39, 0.29) is 0 Å². The average molecular weight is 391 g/mol. The van der Waals surface area contributed by atoms with Crippen molar-refractivity contribution in [2.75, 3.05) is 0 Å². The van der Waals surface area contributed by atoms with Crippen LogP contribution in [0, 0.1) is 0 Å². The third kappa shape index (κ3) is 2.87. The van der Waals surface area contributed by atoms with Crippen LogP contribution in [0.5, 0.6) is 0 Å². The summed E-state index contributed by atoms with van der Waals surface area (Å²) in [6, 6.07) is 16.4. The molecular weight excluding hydrogens is 370 g/mol. The Morgan fingerprint density at radius 3 is 2.70 bits per heavy atom. The molecule has 30 heavy (non-hydrogen) atoms. The normalized spacial score (nSPS) is 11.4. The highest BCUT2D eigenvalue weighted by molar-refractivity contribution is 6.02. The second kappa shape index (κ2) is 7.19. The monoisotopic (exact) mass is 391 g/mol. The van der Waals surface area contributed by atoms with E-state index in [2.05, 4.69) is 65.2 Å². The van der Waals surface area contributed by atoms with Crippen LogP contribution in [-0.4, -0.2) is 26.2 Å². The molecule has 0 bridgehead atoms. The summed E-state index contributed by atoms with van der Waals surface area (Å²) in [7, 11) is 2.07. The average Bonchev–Trinajstić information content (AvgIpc) is 3.12. The van der Waals surface area contributed by atoms with E-state index in [0.717, 1.165) is 68.5 Å². The molecule has 5 heteroatoms. The Morgan fingerprint density at radius 1 is 1.00 bits per heavy atom. The maximum atomic E-state index is 4.93. The number of aromatic nitrogens is 4. The number of rotatable bonds is 5. The van der Waals surface area contributed by atoms with Crippen LogP contribution in [0.25, 0.3) is 38.9 Å². The van der Waals surface area contributed by atoms with Crippen molar-refractivity contribution in [3.63, 3.8) is 0 Å². The van der Waals surface area contributed by atoms with E-state index in [1.807, 2.05) is 24.4 Å². The molecule has 0 radical (unpaired) electrons. The van der Waals surface area contributed by atoms with Crippen molar-refractivity contribution in [3.8, 4) is 0 Å². The van der Waals surface area contributed by atoms with Gasteiger partial charge in [0.25, 0.3) is 0 Å². The van der Waals surface area contributed by atoms with Gasteiger partial charge in [0.2, 0.25) is 0 Å². The third-order valence-electron chi connectivity index (χ3n) is 5.63. The molecule has 0 saturated carbocycles. The quantitative estimate of drug-likeness (QED) is 0.375. The van der Waals surface area contributed by atoms with Gasteiger partial charge in [-0.15, -0.1) is 0 Å². The van der Waals surface area contributed by atoms with Gasteiger partial charge in [-0.2, -0.15) is 0 Å². The number of hydrogen-bond acceptors (Lipinski definition) is 4. The molecule has 2 aromatic carbocycles. The summed E-state index contributed by atoms with van der Waals surface area (Å²) in [4.78, 5) is 18.4. The molecule has 0 spiro atoms. The van der Waals surface area contributed by atoms with E-state index >= 15 is 0 Å². The zero-order chi connectivity index (χ0) is 20.7. The molecule has 0 aliphatic heterocycles. The highest BCUT2D eigenvalue weighted by Gasteiger charge is 2.12. The molecule has 5 aromatic rings. The largest absolute Gasteiger partial charge is 0.331 e. The van der Waals surface area contributed by atoms with Gasteiger partial charge in [0.15, 0.2) is 0 Å². The second-order valence-electron chi connectivity index (χ2n) is 7.33. The summed E-state index contributed by atoms with van der Waals surface area (Å²) in [5.41, 5.74) is 6.68. The molecule has 0 fully saturated rings. The van der Waals surface area contributed by atoms with Crippen molar-refractivity contribution in [1.82, 2.24) is 19.5 Å². The highest BCUT2D eigenvalue weighted by atomic mass is 15.1. The highest BCUT2D eigenvalue weighted by Crippen LogP contribution is 2.30. The lowest BCUT2D eigenvalue weighted by molar-refractivity contribution is 0.778. The molecule has 0 aliphatic carbocycles. The van der Waals surface area contributed by atoms with Crippen LogP contribution in [-0.2, 0) is 19.9 Å². The molecule has 3 aromatic heterocycles. The summed E-state index contributed by atoms with van der Waals surface area (Å²) in [6.45, 7) is 7.58. The first-order valence-electron chi connectivity index (χ1n) is 9.90. The van der Waals surface area contributed by atoms with Gasteiger partial charge in [0.1, 0.15) is 5.82 Å². The van der Waals surface area contributed by atoms with E-state index in [1.165, 1.54) is 0 Å². The lowest BCUT2D eigenvalue weighted by Gasteiger charge is -2.08. The van der Waals surface area contributed by atoms with Gasteiger partial charge in [-0.1, -0.05) is 30.9 Å². The molecule has 5 rings (SSSR count). The number of hydrogen-bond donors (Lipinski definition) is 0. The first-order valence-corrected chi connectivity index (χ1v) is 9.90. The van der Waals surface area contributed by atoms with Gasteiger partial charge in [-0.05, 0) is 43.5 Å². The van der Waals surface area contributed by atoms with Crippen molar-refractivity contribution in [1.29, 1.82) is 0 Å². The Hall–Kier alpha value is -3.86. The smallest absolute Gasteiger partial charge is 0.110 e. The fourth-order valence-electron chi connectivity index (χ4n) is 4.02. The van der Waals surface area contributed by atoms with Crippen LogP contribution in [0.3, 0.4) is 0 Å².